The first-order valence-corrected chi connectivity index (χ1v) is 7.89. The van der Waals surface area contributed by atoms with Gasteiger partial charge in [-0.15, -0.1) is 0 Å². The largest absolute Gasteiger partial charge is 0.462 e. The van der Waals surface area contributed by atoms with Gasteiger partial charge in [0, 0.05) is 11.6 Å². The lowest BCUT2D eigenvalue weighted by atomic mass is 10.1. The van der Waals surface area contributed by atoms with Gasteiger partial charge in [0.15, 0.2) is 0 Å². The van der Waals surface area contributed by atoms with Crippen LogP contribution in [0.4, 0.5) is 0 Å². The van der Waals surface area contributed by atoms with Crippen molar-refractivity contribution in [3.63, 3.8) is 0 Å². The van der Waals surface area contributed by atoms with Gasteiger partial charge in [0.1, 0.15) is 5.56 Å². The fourth-order valence-electron chi connectivity index (χ4n) is 2.56. The Morgan fingerprint density at radius 3 is 2.67 bits per heavy atom. The molecule has 0 aliphatic heterocycles. The summed E-state index contributed by atoms with van der Waals surface area (Å²) in [4.78, 5) is 29.3. The number of carbonyl (C=O) groups is 1. The molecule has 0 spiro atoms. The summed E-state index contributed by atoms with van der Waals surface area (Å²) in [7, 11) is 0. The molecule has 3 rings (SSSR count). The highest BCUT2D eigenvalue weighted by atomic mass is 35.5. The molecule has 2 heterocycles. The molecule has 0 radical (unpaired) electrons. The zero-order chi connectivity index (χ0) is 17.1. The van der Waals surface area contributed by atoms with Crippen LogP contribution in [0.15, 0.2) is 53.5 Å². The number of rotatable bonds is 4. The maximum Gasteiger partial charge on any atom is 0.345 e. The van der Waals surface area contributed by atoms with E-state index in [2.05, 4.69) is 4.98 Å². The Hall–Kier alpha value is -2.66. The van der Waals surface area contributed by atoms with Crippen molar-refractivity contribution < 1.29 is 9.53 Å². The normalized spacial score (nSPS) is 10.8. The van der Waals surface area contributed by atoms with Gasteiger partial charge in [0.2, 0.25) is 0 Å². The fraction of sp³-hybridized carbons (Fsp3) is 0.167. The quantitative estimate of drug-likeness (QED) is 0.683. The second-order valence-corrected chi connectivity index (χ2v) is 5.52. The molecule has 0 atom stereocenters. The van der Waals surface area contributed by atoms with Gasteiger partial charge in [-0.2, -0.15) is 0 Å². The summed E-state index contributed by atoms with van der Waals surface area (Å²) in [6.45, 7) is 2.09. The average Bonchev–Trinajstić information content (AvgIpc) is 2.60. The SMILES string of the molecule is CCOC(=O)c1c(Cl)c2ccccc2n(Cc2ccccn2)c1=O. The molecule has 3 aromatic rings. The van der Waals surface area contributed by atoms with Gasteiger partial charge in [-0.3, -0.25) is 9.78 Å². The van der Waals surface area contributed by atoms with Crippen LogP contribution < -0.4 is 5.56 Å². The maximum absolute atomic E-state index is 12.9. The van der Waals surface area contributed by atoms with Crippen molar-refractivity contribution in [2.45, 2.75) is 13.5 Å². The molecule has 0 amide bonds. The molecular weight excluding hydrogens is 328 g/mol. The molecule has 0 bridgehead atoms. The molecule has 0 unspecified atom stereocenters. The van der Waals surface area contributed by atoms with Gasteiger partial charge < -0.3 is 9.30 Å². The Labute approximate surface area is 143 Å². The molecule has 0 saturated heterocycles. The molecule has 0 aliphatic rings. The number of nitrogens with zero attached hydrogens (tertiary/aromatic N) is 2. The van der Waals surface area contributed by atoms with Crippen molar-refractivity contribution in [2.24, 2.45) is 0 Å². The zero-order valence-electron chi connectivity index (χ0n) is 13.0. The minimum absolute atomic E-state index is 0.117. The van der Waals surface area contributed by atoms with Gasteiger partial charge in [-0.1, -0.05) is 35.9 Å². The lowest BCUT2D eigenvalue weighted by molar-refractivity contribution is 0.0524. The second-order valence-electron chi connectivity index (χ2n) is 5.14. The standard InChI is InChI=1S/C18H15ClN2O3/c1-2-24-18(23)15-16(19)13-8-3-4-9-14(13)21(17(15)22)11-12-7-5-6-10-20-12/h3-10H,2,11H2,1H3. The van der Waals surface area contributed by atoms with Crippen LogP contribution >= 0.6 is 11.6 Å². The molecule has 2 aromatic heterocycles. The Balaban J connectivity index is 2.27. The number of carbonyl (C=O) groups excluding carboxylic acids is 1. The van der Waals surface area contributed by atoms with Crippen molar-refractivity contribution in [1.82, 2.24) is 9.55 Å². The number of pyridine rings is 2. The number of benzene rings is 1. The minimum Gasteiger partial charge on any atom is -0.462 e. The molecule has 0 aliphatic carbocycles. The number of hydrogen-bond acceptors (Lipinski definition) is 4. The van der Waals surface area contributed by atoms with Crippen molar-refractivity contribution in [2.75, 3.05) is 6.61 Å². The molecular formula is C18H15ClN2O3. The van der Waals surface area contributed by atoms with Gasteiger partial charge in [-0.05, 0) is 25.1 Å². The number of para-hydroxylation sites is 1. The van der Waals surface area contributed by atoms with Crippen molar-refractivity contribution in [1.29, 1.82) is 0 Å². The first kappa shape index (κ1) is 16.2. The van der Waals surface area contributed by atoms with Crippen molar-refractivity contribution >= 4 is 28.5 Å². The van der Waals surface area contributed by atoms with Crippen molar-refractivity contribution in [3.05, 3.63) is 75.3 Å². The van der Waals surface area contributed by atoms with Crippen LogP contribution in [0.1, 0.15) is 23.0 Å². The van der Waals surface area contributed by atoms with E-state index in [-0.39, 0.29) is 23.7 Å². The number of ether oxygens (including phenoxy) is 1. The lowest BCUT2D eigenvalue weighted by Gasteiger charge is -2.14. The number of aromatic nitrogens is 2. The minimum atomic E-state index is -0.715. The van der Waals surface area contributed by atoms with E-state index in [0.29, 0.717) is 16.6 Å². The van der Waals surface area contributed by atoms with Gasteiger partial charge in [0.25, 0.3) is 5.56 Å². The summed E-state index contributed by atoms with van der Waals surface area (Å²) in [6.07, 6.45) is 1.66. The molecule has 0 fully saturated rings. The summed E-state index contributed by atoms with van der Waals surface area (Å²) in [5, 5.41) is 0.740. The number of esters is 1. The molecule has 0 saturated carbocycles. The molecule has 122 valence electrons. The summed E-state index contributed by atoms with van der Waals surface area (Å²) in [5.74, 6) is -0.715. The van der Waals surface area contributed by atoms with E-state index in [1.165, 1.54) is 4.57 Å². The van der Waals surface area contributed by atoms with Crippen LogP contribution in [-0.2, 0) is 11.3 Å². The first-order valence-electron chi connectivity index (χ1n) is 7.51. The van der Waals surface area contributed by atoms with Crippen molar-refractivity contribution in [3.8, 4) is 0 Å². The third kappa shape index (κ3) is 2.90. The smallest absolute Gasteiger partial charge is 0.345 e. The Kier molecular flexibility index (Phi) is 4.62. The summed E-state index contributed by atoms with van der Waals surface area (Å²) in [6, 6.07) is 12.7. The number of fused-ring (bicyclic) bond motifs is 1. The summed E-state index contributed by atoms with van der Waals surface area (Å²) < 4.78 is 6.49. The maximum atomic E-state index is 12.9. The van der Waals surface area contributed by atoms with Gasteiger partial charge in [-0.25, -0.2) is 4.79 Å². The highest BCUT2D eigenvalue weighted by Crippen LogP contribution is 2.25. The monoisotopic (exact) mass is 342 g/mol. The van der Waals surface area contributed by atoms with Crippen LogP contribution in [0.2, 0.25) is 5.02 Å². The van der Waals surface area contributed by atoms with E-state index in [0.717, 1.165) is 0 Å². The number of halogens is 1. The molecule has 1 aromatic carbocycles. The summed E-state index contributed by atoms with van der Waals surface area (Å²) in [5.41, 5.74) is 0.726. The van der Waals surface area contributed by atoms with E-state index in [9.17, 15) is 9.59 Å². The highest BCUT2D eigenvalue weighted by molar-refractivity contribution is 6.38. The van der Waals surface area contributed by atoms with E-state index >= 15 is 0 Å². The van der Waals surface area contributed by atoms with Crippen LogP contribution in [0.25, 0.3) is 10.9 Å². The van der Waals surface area contributed by atoms with Gasteiger partial charge in [0.05, 0.1) is 29.4 Å². The van der Waals surface area contributed by atoms with Crippen LogP contribution in [0.3, 0.4) is 0 Å². The van der Waals surface area contributed by atoms with Crippen LogP contribution in [0.5, 0.6) is 0 Å². The lowest BCUT2D eigenvalue weighted by Crippen LogP contribution is -2.29. The van der Waals surface area contributed by atoms with E-state index in [1.807, 2.05) is 18.2 Å². The first-order chi connectivity index (χ1) is 11.6. The predicted molar refractivity (Wildman–Crippen MR) is 92.5 cm³/mol. The second kappa shape index (κ2) is 6.84. The highest BCUT2D eigenvalue weighted by Gasteiger charge is 2.22. The molecule has 5 nitrogen and oxygen atoms in total. The van der Waals surface area contributed by atoms with Gasteiger partial charge >= 0.3 is 5.97 Å². The van der Waals surface area contributed by atoms with E-state index < -0.39 is 11.5 Å². The molecule has 24 heavy (non-hydrogen) atoms. The Morgan fingerprint density at radius 1 is 1.21 bits per heavy atom. The molecule has 0 N–H and O–H groups in total. The topological polar surface area (TPSA) is 61.2 Å². The summed E-state index contributed by atoms with van der Waals surface area (Å²) >= 11 is 6.32. The van der Waals surface area contributed by atoms with Crippen LogP contribution in [-0.4, -0.2) is 22.1 Å². The Morgan fingerprint density at radius 2 is 1.96 bits per heavy atom. The zero-order valence-corrected chi connectivity index (χ0v) is 13.8. The third-order valence-electron chi connectivity index (χ3n) is 3.64. The molecule has 6 heteroatoms. The van der Waals surface area contributed by atoms with E-state index in [1.54, 1.807) is 37.4 Å². The third-order valence-corrected chi connectivity index (χ3v) is 4.03. The van der Waals surface area contributed by atoms with Crippen LogP contribution in [0, 0.1) is 0 Å². The average molecular weight is 343 g/mol. The van der Waals surface area contributed by atoms with E-state index in [4.69, 9.17) is 16.3 Å². The number of hydrogen-bond donors (Lipinski definition) is 0. The fourth-order valence-corrected chi connectivity index (χ4v) is 2.88. The Bertz CT molecular complexity index is 952. The predicted octanol–water partition coefficient (Wildman–Crippen LogP) is 3.27.